The molecule has 0 aliphatic heterocycles. The molecule has 10 heteroatoms. The van der Waals surface area contributed by atoms with E-state index in [1.807, 2.05) is 28.0 Å². The van der Waals surface area contributed by atoms with Crippen molar-refractivity contribution in [2.24, 2.45) is 0 Å². The lowest BCUT2D eigenvalue weighted by Gasteiger charge is -2.30. The van der Waals surface area contributed by atoms with Crippen LogP contribution in [0.1, 0.15) is 60.6 Å². The molecule has 1 aromatic heterocycles. The Morgan fingerprint density at radius 2 is 1.13 bits per heavy atom. The molecule has 0 radical (unpaired) electrons. The second-order valence-corrected chi connectivity index (χ2v) is 11.0. The predicted molar refractivity (Wildman–Crippen MR) is 150 cm³/mol. The fourth-order valence-electron chi connectivity index (χ4n) is 3.85. The van der Waals surface area contributed by atoms with Gasteiger partial charge in [0.15, 0.2) is 0 Å². The maximum Gasteiger partial charge on any atom is 0.311 e. The van der Waals surface area contributed by atoms with E-state index in [0.717, 1.165) is 0 Å². The Bertz CT molecular complexity index is 904. The number of hydrogen-bond acceptors (Lipinski definition) is 9. The van der Waals surface area contributed by atoms with E-state index in [0.29, 0.717) is 54.6 Å². The summed E-state index contributed by atoms with van der Waals surface area (Å²) in [6, 6.07) is 12.4. The first-order valence-electron chi connectivity index (χ1n) is 12.9. The molecular formula is C28H44N2O7S. The summed E-state index contributed by atoms with van der Waals surface area (Å²) in [4.78, 5) is 28.2. The molecule has 0 aliphatic carbocycles. The van der Waals surface area contributed by atoms with E-state index in [9.17, 15) is 30.0 Å². The number of rotatable bonds is 15. The molecule has 5 unspecified atom stereocenters. The van der Waals surface area contributed by atoms with Crippen LogP contribution in [0.4, 0.5) is 0 Å². The van der Waals surface area contributed by atoms with Gasteiger partial charge in [0.25, 0.3) is 0 Å². The van der Waals surface area contributed by atoms with Crippen LogP contribution in [0.5, 0.6) is 0 Å². The molecule has 0 saturated heterocycles. The van der Waals surface area contributed by atoms with Crippen LogP contribution in [0.2, 0.25) is 0 Å². The number of ketones is 1. The molecule has 0 fully saturated rings. The molecule has 0 bridgehead atoms. The summed E-state index contributed by atoms with van der Waals surface area (Å²) in [6.45, 7) is 11.9. The van der Waals surface area contributed by atoms with Crippen LogP contribution in [-0.4, -0.2) is 111 Å². The lowest BCUT2D eigenvalue weighted by molar-refractivity contribution is -0.138. The number of aliphatic hydroxyl groups is 4. The Morgan fingerprint density at radius 3 is 1.50 bits per heavy atom. The predicted octanol–water partition coefficient (Wildman–Crippen LogP) is 2.28. The second-order valence-electron chi connectivity index (χ2n) is 9.87. The third-order valence-electron chi connectivity index (χ3n) is 5.51. The molecule has 38 heavy (non-hydrogen) atoms. The highest BCUT2D eigenvalue weighted by Gasteiger charge is 2.19. The topological polar surface area (TPSA) is 142 Å². The van der Waals surface area contributed by atoms with Crippen LogP contribution < -0.4 is 0 Å². The lowest BCUT2D eigenvalue weighted by Crippen LogP contribution is -2.44. The molecule has 2 rings (SSSR count). The number of carbonyl (C=O) groups excluding carboxylic acids is 1. The van der Waals surface area contributed by atoms with Crippen molar-refractivity contribution in [3.63, 3.8) is 0 Å². The number of carboxylic acids is 1. The Labute approximate surface area is 230 Å². The Morgan fingerprint density at radius 1 is 0.711 bits per heavy atom. The molecule has 2 aromatic rings. The minimum atomic E-state index is -0.879. The molecule has 5 N–H and O–H groups in total. The maximum atomic E-state index is 12.1. The van der Waals surface area contributed by atoms with Gasteiger partial charge in [-0.3, -0.25) is 19.4 Å². The normalized spacial score (nSPS) is 15.3. The minimum absolute atomic E-state index is 0.0653. The summed E-state index contributed by atoms with van der Waals surface area (Å²) >= 11 is 1.24. The van der Waals surface area contributed by atoms with Crippen LogP contribution in [0.25, 0.3) is 0 Å². The first-order valence-corrected chi connectivity index (χ1v) is 13.7. The van der Waals surface area contributed by atoms with Crippen molar-refractivity contribution in [2.45, 2.75) is 65.0 Å². The van der Waals surface area contributed by atoms with Crippen molar-refractivity contribution < 1.29 is 35.1 Å². The Hall–Kier alpha value is -2.18. The average Bonchev–Trinajstić information content (AvgIpc) is 3.31. The van der Waals surface area contributed by atoms with E-state index < -0.39 is 36.3 Å². The van der Waals surface area contributed by atoms with Gasteiger partial charge in [-0.15, -0.1) is 11.3 Å². The minimum Gasteiger partial charge on any atom is -0.481 e. The highest BCUT2D eigenvalue weighted by atomic mass is 32.1. The molecule has 0 spiro atoms. The van der Waals surface area contributed by atoms with Crippen molar-refractivity contribution >= 4 is 23.1 Å². The van der Waals surface area contributed by atoms with Crippen molar-refractivity contribution in [1.82, 2.24) is 9.80 Å². The van der Waals surface area contributed by atoms with Gasteiger partial charge in [-0.2, -0.15) is 0 Å². The zero-order valence-electron chi connectivity index (χ0n) is 23.0. The van der Waals surface area contributed by atoms with Crippen LogP contribution in [0.15, 0.2) is 42.5 Å². The van der Waals surface area contributed by atoms with Gasteiger partial charge in [-0.1, -0.05) is 30.3 Å². The molecule has 1 aromatic carbocycles. The van der Waals surface area contributed by atoms with Gasteiger partial charge in [-0.05, 0) is 46.8 Å². The number of carboxylic acid groups (broad SMARTS) is 1. The third kappa shape index (κ3) is 13.6. The fraction of sp³-hybridized carbons (Fsp3) is 0.571. The lowest BCUT2D eigenvalue weighted by atomic mass is 10.1. The van der Waals surface area contributed by atoms with Gasteiger partial charge < -0.3 is 25.5 Å². The van der Waals surface area contributed by atoms with Gasteiger partial charge >= 0.3 is 5.97 Å². The van der Waals surface area contributed by atoms with Crippen molar-refractivity contribution in [2.75, 3.05) is 39.3 Å². The summed E-state index contributed by atoms with van der Waals surface area (Å²) in [5.41, 5.74) is 0.619. The zero-order valence-corrected chi connectivity index (χ0v) is 23.8. The summed E-state index contributed by atoms with van der Waals surface area (Å²) in [5.74, 6) is -1.52. The number of aliphatic carboxylic acids is 1. The molecule has 0 saturated carbocycles. The highest BCUT2D eigenvalue weighted by Crippen LogP contribution is 2.26. The quantitative estimate of drug-likeness (QED) is 0.210. The van der Waals surface area contributed by atoms with Crippen molar-refractivity contribution in [3.8, 4) is 0 Å². The van der Waals surface area contributed by atoms with Crippen molar-refractivity contribution in [1.29, 1.82) is 0 Å². The Balaban J connectivity index is 0.000000381. The molecule has 214 valence electrons. The number of nitrogens with zero attached hydrogens (tertiary/aromatic N) is 2. The Kier molecular flexibility index (Phi) is 15.5. The molecule has 1 heterocycles. The first-order chi connectivity index (χ1) is 17.8. The summed E-state index contributed by atoms with van der Waals surface area (Å²) in [7, 11) is 0. The van der Waals surface area contributed by atoms with Gasteiger partial charge in [0.1, 0.15) is 0 Å². The second kappa shape index (κ2) is 17.4. The largest absolute Gasteiger partial charge is 0.481 e. The number of benzene rings is 1. The SMILES string of the molecule is CC(C(=O)O)c1ccc(C(=O)c2ccccc2)s1.CC(O)CN(CCN(CC(C)O)CC(C)O)CC(C)O. The van der Waals surface area contributed by atoms with Crippen LogP contribution in [0, 0.1) is 0 Å². The van der Waals surface area contributed by atoms with Gasteiger partial charge in [-0.25, -0.2) is 0 Å². The highest BCUT2D eigenvalue weighted by molar-refractivity contribution is 7.14. The zero-order chi connectivity index (χ0) is 28.8. The van der Waals surface area contributed by atoms with Gasteiger partial charge in [0, 0.05) is 49.7 Å². The standard InChI is InChI=1S/C14H32N2O4.C14H12O3S/c1-11(17)7-15(8-12(2)18)5-6-16(9-13(3)19)10-14(4)20;1-9(14(16)17)11-7-8-12(18-11)13(15)10-5-3-2-4-6-10/h11-14,17-20H,5-10H2,1-4H3;2-9H,1H3,(H,16,17). The average molecular weight is 553 g/mol. The molecule has 0 aliphatic rings. The summed E-state index contributed by atoms with van der Waals surface area (Å²) < 4.78 is 0. The van der Waals surface area contributed by atoms with Crippen LogP contribution in [-0.2, 0) is 4.79 Å². The van der Waals surface area contributed by atoms with Crippen molar-refractivity contribution in [3.05, 3.63) is 57.8 Å². The number of carbonyl (C=O) groups is 2. The smallest absolute Gasteiger partial charge is 0.311 e. The maximum absolute atomic E-state index is 12.1. The van der Waals surface area contributed by atoms with E-state index in [4.69, 9.17) is 5.11 Å². The fourth-order valence-corrected chi connectivity index (χ4v) is 4.87. The molecule has 5 atom stereocenters. The van der Waals surface area contributed by atoms with E-state index in [-0.39, 0.29) is 5.78 Å². The molecule has 9 nitrogen and oxygen atoms in total. The monoisotopic (exact) mass is 552 g/mol. The third-order valence-corrected chi connectivity index (χ3v) is 6.77. The van der Waals surface area contributed by atoms with Crippen LogP contribution in [0.3, 0.4) is 0 Å². The van der Waals surface area contributed by atoms with E-state index in [1.165, 1.54) is 11.3 Å². The van der Waals surface area contributed by atoms with Crippen LogP contribution >= 0.6 is 11.3 Å². The number of hydrogen-bond donors (Lipinski definition) is 5. The molecular weight excluding hydrogens is 508 g/mol. The summed E-state index contributed by atoms with van der Waals surface area (Å²) in [5, 5.41) is 46.8. The number of aliphatic hydroxyl groups excluding tert-OH is 4. The van der Waals surface area contributed by atoms with E-state index in [2.05, 4.69) is 0 Å². The molecule has 0 amide bonds. The first kappa shape index (κ1) is 33.8. The van der Waals surface area contributed by atoms with Gasteiger partial charge in [0.05, 0.1) is 35.2 Å². The van der Waals surface area contributed by atoms with E-state index in [1.54, 1.807) is 58.9 Å². The van der Waals surface area contributed by atoms with E-state index >= 15 is 0 Å². The number of thiophene rings is 1. The summed E-state index contributed by atoms with van der Waals surface area (Å²) in [6.07, 6.45) is -1.79. The van der Waals surface area contributed by atoms with Gasteiger partial charge in [0.2, 0.25) is 5.78 Å².